The summed E-state index contributed by atoms with van der Waals surface area (Å²) >= 11 is 0. The van der Waals surface area contributed by atoms with Gasteiger partial charge in [0.2, 0.25) is 0 Å². The van der Waals surface area contributed by atoms with Crippen LogP contribution in [0.25, 0.3) is 0 Å². The van der Waals surface area contributed by atoms with Gasteiger partial charge in [-0.1, -0.05) is 0 Å². The summed E-state index contributed by atoms with van der Waals surface area (Å²) in [7, 11) is 1.87. The number of halogens is 1. The molecule has 0 amide bonds. The van der Waals surface area contributed by atoms with Gasteiger partial charge in [-0.25, -0.2) is 8.42 Å². The van der Waals surface area contributed by atoms with Crippen LogP contribution in [0.4, 0.5) is 0 Å². The van der Waals surface area contributed by atoms with Crippen molar-refractivity contribution >= 4 is 39.8 Å². The van der Waals surface area contributed by atoms with Gasteiger partial charge >= 0.3 is 0 Å². The van der Waals surface area contributed by atoms with E-state index in [9.17, 15) is 8.42 Å². The molecule has 1 aliphatic rings. The van der Waals surface area contributed by atoms with Gasteiger partial charge < -0.3 is 24.8 Å². The van der Waals surface area contributed by atoms with E-state index < -0.39 is 9.84 Å². The first kappa shape index (κ1) is 24.6. The number of methoxy groups -OCH3 is 3. The quantitative estimate of drug-likeness (QED) is 0.301. The fourth-order valence-electron chi connectivity index (χ4n) is 3.03. The van der Waals surface area contributed by atoms with Crippen LogP contribution in [-0.4, -0.2) is 66.3 Å². The second kappa shape index (κ2) is 11.5. The largest absolute Gasteiger partial charge is 0.496 e. The van der Waals surface area contributed by atoms with Crippen LogP contribution in [0.2, 0.25) is 0 Å². The minimum absolute atomic E-state index is 0. The van der Waals surface area contributed by atoms with Crippen LogP contribution < -0.4 is 24.8 Å². The Morgan fingerprint density at radius 2 is 1.82 bits per heavy atom. The number of guanidine groups is 1. The van der Waals surface area contributed by atoms with E-state index in [1.165, 1.54) is 0 Å². The molecule has 1 aromatic carbocycles. The zero-order valence-electron chi connectivity index (χ0n) is 16.8. The van der Waals surface area contributed by atoms with Crippen LogP contribution in [0.15, 0.2) is 17.1 Å². The first-order chi connectivity index (χ1) is 12.9. The number of nitrogens with one attached hydrogen (secondary N) is 2. The Kier molecular flexibility index (Phi) is 10.1. The summed E-state index contributed by atoms with van der Waals surface area (Å²) in [6, 6.07) is 3.53. The minimum Gasteiger partial charge on any atom is -0.496 e. The summed E-state index contributed by atoms with van der Waals surface area (Å²) in [4.78, 5) is 4.57. The molecule has 1 heterocycles. The van der Waals surface area contributed by atoms with Crippen molar-refractivity contribution in [2.45, 2.75) is 25.8 Å². The third-order valence-electron chi connectivity index (χ3n) is 4.37. The number of rotatable bonds is 8. The molecule has 28 heavy (non-hydrogen) atoms. The van der Waals surface area contributed by atoms with Gasteiger partial charge in [0, 0.05) is 36.8 Å². The van der Waals surface area contributed by atoms with Gasteiger partial charge in [-0.05, 0) is 19.8 Å². The third kappa shape index (κ3) is 6.87. The molecule has 10 heteroatoms. The van der Waals surface area contributed by atoms with Crippen LogP contribution in [0.3, 0.4) is 0 Å². The van der Waals surface area contributed by atoms with Crippen molar-refractivity contribution in [3.8, 4) is 17.2 Å². The topological polar surface area (TPSA) is 98.2 Å². The standard InChI is InChI=1S/C18H29N3O5S.HI/c1-5-19-18(21-13-7-9-27(22,23)12-13)20-8-6-15-16(25-3)10-14(24-2)11-17(15)26-4;/h10-11,13H,5-9,12H2,1-4H3,(H2,19,20,21);1H. The molecular formula is C18H30IN3O5S. The van der Waals surface area contributed by atoms with Crippen molar-refractivity contribution < 1.29 is 22.6 Å². The van der Waals surface area contributed by atoms with E-state index >= 15 is 0 Å². The van der Waals surface area contributed by atoms with Crippen LogP contribution >= 0.6 is 24.0 Å². The highest BCUT2D eigenvalue weighted by Gasteiger charge is 2.28. The van der Waals surface area contributed by atoms with Crippen molar-refractivity contribution in [1.82, 2.24) is 10.6 Å². The second-order valence-electron chi connectivity index (χ2n) is 6.27. The van der Waals surface area contributed by atoms with Crippen molar-refractivity contribution in [2.75, 3.05) is 45.9 Å². The molecule has 2 N–H and O–H groups in total. The first-order valence-corrected chi connectivity index (χ1v) is 10.8. The number of benzene rings is 1. The Morgan fingerprint density at radius 1 is 1.18 bits per heavy atom. The lowest BCUT2D eigenvalue weighted by Crippen LogP contribution is -2.44. The Morgan fingerprint density at radius 3 is 2.29 bits per heavy atom. The van der Waals surface area contributed by atoms with Crippen LogP contribution in [-0.2, 0) is 16.3 Å². The molecule has 0 saturated carbocycles. The zero-order chi connectivity index (χ0) is 19.9. The normalized spacial score (nSPS) is 18.1. The number of hydrogen-bond acceptors (Lipinski definition) is 6. The Balaban J connectivity index is 0.00000392. The molecule has 0 aliphatic carbocycles. The molecule has 1 fully saturated rings. The van der Waals surface area contributed by atoms with Gasteiger partial charge in [0.15, 0.2) is 15.8 Å². The summed E-state index contributed by atoms with van der Waals surface area (Å²) in [6.07, 6.45) is 1.21. The number of hydrogen-bond donors (Lipinski definition) is 2. The fraction of sp³-hybridized carbons (Fsp3) is 0.611. The summed E-state index contributed by atoms with van der Waals surface area (Å²) < 4.78 is 39.5. The Bertz CT molecular complexity index is 745. The molecule has 2 rings (SSSR count). The second-order valence-corrected chi connectivity index (χ2v) is 8.49. The number of sulfone groups is 1. The monoisotopic (exact) mass is 527 g/mol. The maximum Gasteiger partial charge on any atom is 0.191 e. The van der Waals surface area contributed by atoms with Crippen molar-refractivity contribution in [3.63, 3.8) is 0 Å². The smallest absolute Gasteiger partial charge is 0.191 e. The molecule has 0 radical (unpaired) electrons. The molecule has 0 bridgehead atoms. The third-order valence-corrected chi connectivity index (χ3v) is 6.13. The molecular weight excluding hydrogens is 497 g/mol. The minimum atomic E-state index is -2.93. The maximum absolute atomic E-state index is 11.6. The molecule has 160 valence electrons. The predicted octanol–water partition coefficient (Wildman–Crippen LogP) is 1.62. The summed E-state index contributed by atoms with van der Waals surface area (Å²) in [5.41, 5.74) is 0.906. The van der Waals surface area contributed by atoms with Gasteiger partial charge in [0.1, 0.15) is 17.2 Å². The van der Waals surface area contributed by atoms with Crippen LogP contribution in [0.1, 0.15) is 18.9 Å². The first-order valence-electron chi connectivity index (χ1n) is 8.96. The number of aliphatic imine (C=N–C) groups is 1. The summed E-state index contributed by atoms with van der Waals surface area (Å²) in [5, 5.41) is 6.37. The predicted molar refractivity (Wildman–Crippen MR) is 121 cm³/mol. The van der Waals surface area contributed by atoms with E-state index in [1.54, 1.807) is 21.3 Å². The fourth-order valence-corrected chi connectivity index (χ4v) is 4.70. The lowest BCUT2D eigenvalue weighted by Gasteiger charge is -2.17. The highest BCUT2D eigenvalue weighted by Crippen LogP contribution is 2.34. The average Bonchev–Trinajstić information content (AvgIpc) is 2.99. The lowest BCUT2D eigenvalue weighted by atomic mass is 10.1. The molecule has 1 atom stereocenters. The van der Waals surface area contributed by atoms with Gasteiger partial charge in [0.05, 0.1) is 32.8 Å². The van der Waals surface area contributed by atoms with Crippen LogP contribution in [0.5, 0.6) is 17.2 Å². The highest BCUT2D eigenvalue weighted by molar-refractivity contribution is 14.0. The van der Waals surface area contributed by atoms with Crippen molar-refractivity contribution in [1.29, 1.82) is 0 Å². The van der Waals surface area contributed by atoms with E-state index in [4.69, 9.17) is 14.2 Å². The van der Waals surface area contributed by atoms with E-state index in [0.29, 0.717) is 49.1 Å². The maximum atomic E-state index is 11.6. The average molecular weight is 527 g/mol. The molecule has 0 spiro atoms. The van der Waals surface area contributed by atoms with Crippen molar-refractivity contribution in [2.24, 2.45) is 4.99 Å². The zero-order valence-corrected chi connectivity index (χ0v) is 19.9. The van der Waals surface area contributed by atoms with Gasteiger partial charge in [-0.15, -0.1) is 24.0 Å². The van der Waals surface area contributed by atoms with E-state index in [2.05, 4.69) is 15.6 Å². The van der Waals surface area contributed by atoms with Gasteiger partial charge in [0.25, 0.3) is 0 Å². The van der Waals surface area contributed by atoms with E-state index in [-0.39, 0.29) is 41.5 Å². The van der Waals surface area contributed by atoms with Gasteiger partial charge in [-0.3, -0.25) is 4.99 Å². The molecule has 1 aliphatic heterocycles. The Labute approximate surface area is 184 Å². The van der Waals surface area contributed by atoms with Gasteiger partial charge in [-0.2, -0.15) is 0 Å². The highest BCUT2D eigenvalue weighted by atomic mass is 127. The summed E-state index contributed by atoms with van der Waals surface area (Å²) in [6.45, 7) is 3.16. The van der Waals surface area contributed by atoms with Crippen LogP contribution in [0, 0.1) is 0 Å². The lowest BCUT2D eigenvalue weighted by molar-refractivity contribution is 0.369. The number of nitrogens with zero attached hydrogens (tertiary/aromatic N) is 1. The SMILES string of the molecule is CCNC(=NCCc1c(OC)cc(OC)cc1OC)NC1CCS(=O)(=O)C1.I. The van der Waals surface area contributed by atoms with Crippen molar-refractivity contribution in [3.05, 3.63) is 17.7 Å². The summed E-state index contributed by atoms with van der Waals surface area (Å²) in [5.74, 6) is 3.02. The van der Waals surface area contributed by atoms with E-state index in [0.717, 1.165) is 5.56 Å². The Hall–Kier alpha value is -1.43. The molecule has 1 unspecified atom stereocenters. The molecule has 0 aromatic heterocycles. The molecule has 8 nitrogen and oxygen atoms in total. The molecule has 1 saturated heterocycles. The molecule has 1 aromatic rings. The van der Waals surface area contributed by atoms with E-state index in [1.807, 2.05) is 19.1 Å². The number of ether oxygens (including phenoxy) is 3.